The summed E-state index contributed by atoms with van der Waals surface area (Å²) in [5.74, 6) is -1.16. The van der Waals surface area contributed by atoms with Crippen molar-refractivity contribution in [1.29, 1.82) is 0 Å². The predicted octanol–water partition coefficient (Wildman–Crippen LogP) is 5.86. The minimum Gasteiger partial charge on any atom is -0.487 e. The van der Waals surface area contributed by atoms with Crippen LogP contribution in [0.4, 0.5) is 15.8 Å². The number of ether oxygens (including phenoxy) is 1. The number of hydrogen-bond acceptors (Lipinski definition) is 4. The van der Waals surface area contributed by atoms with E-state index in [-0.39, 0.29) is 31.4 Å². The Morgan fingerprint density at radius 1 is 1.06 bits per heavy atom. The van der Waals surface area contributed by atoms with Crippen molar-refractivity contribution >= 4 is 58.0 Å². The van der Waals surface area contributed by atoms with Crippen LogP contribution in [-0.2, 0) is 16.2 Å². The van der Waals surface area contributed by atoms with Crippen molar-refractivity contribution in [2.45, 2.75) is 13.0 Å². The molecular formula is C24H19Cl3FN3O3. The van der Waals surface area contributed by atoms with Crippen LogP contribution in [0, 0.1) is 11.7 Å². The molecule has 0 saturated carbocycles. The number of benzene rings is 3. The van der Waals surface area contributed by atoms with Gasteiger partial charge in [-0.2, -0.15) is 0 Å². The van der Waals surface area contributed by atoms with Crippen molar-refractivity contribution in [3.05, 3.63) is 87.1 Å². The Hall–Kier alpha value is -3.00. The van der Waals surface area contributed by atoms with Gasteiger partial charge < -0.3 is 9.64 Å². The van der Waals surface area contributed by atoms with Gasteiger partial charge in [0.25, 0.3) is 0 Å². The molecule has 176 valence electrons. The average molecular weight is 523 g/mol. The standard InChI is InChI=1S/C24H19Cl3FN3O3/c25-15-4-9-22(34-13-18-19(26)2-1-3-20(18)27)21(11-15)29-30-24(33)14-10-23(32)31(12-14)17-7-5-16(28)6-8-17/h1-9,11,14,29H,10,12-13H2,(H,30,33)/t14-/m1/s1. The third-order valence-electron chi connectivity index (χ3n) is 5.33. The Labute approximate surface area is 210 Å². The van der Waals surface area contributed by atoms with E-state index in [9.17, 15) is 14.0 Å². The van der Waals surface area contributed by atoms with Gasteiger partial charge in [-0.25, -0.2) is 4.39 Å². The second-order valence-corrected chi connectivity index (χ2v) is 8.88. The van der Waals surface area contributed by atoms with Crippen LogP contribution >= 0.6 is 34.8 Å². The molecule has 2 N–H and O–H groups in total. The number of carbonyl (C=O) groups is 2. The van der Waals surface area contributed by atoms with Crippen molar-refractivity contribution in [2.24, 2.45) is 5.92 Å². The van der Waals surface area contributed by atoms with E-state index >= 15 is 0 Å². The highest BCUT2D eigenvalue weighted by atomic mass is 35.5. The lowest BCUT2D eigenvalue weighted by Gasteiger charge is -2.18. The van der Waals surface area contributed by atoms with E-state index in [2.05, 4.69) is 10.9 Å². The first kappa shape index (κ1) is 24.1. The van der Waals surface area contributed by atoms with E-state index in [0.717, 1.165) is 0 Å². The molecule has 6 nitrogen and oxygen atoms in total. The molecule has 1 saturated heterocycles. The first-order valence-corrected chi connectivity index (χ1v) is 11.4. The first-order valence-electron chi connectivity index (χ1n) is 10.3. The maximum Gasteiger partial charge on any atom is 0.243 e. The number of amides is 2. The summed E-state index contributed by atoms with van der Waals surface area (Å²) in [4.78, 5) is 26.6. The van der Waals surface area contributed by atoms with Gasteiger partial charge in [0.1, 0.15) is 18.2 Å². The molecule has 0 aliphatic carbocycles. The molecule has 4 rings (SSSR count). The maximum absolute atomic E-state index is 13.2. The molecule has 1 aliphatic heterocycles. The highest BCUT2D eigenvalue weighted by Crippen LogP contribution is 2.31. The van der Waals surface area contributed by atoms with E-state index < -0.39 is 11.7 Å². The van der Waals surface area contributed by atoms with Gasteiger partial charge in [-0.1, -0.05) is 40.9 Å². The Balaban J connectivity index is 1.40. The van der Waals surface area contributed by atoms with E-state index in [1.807, 2.05) is 0 Å². The smallest absolute Gasteiger partial charge is 0.243 e. The maximum atomic E-state index is 13.2. The van der Waals surface area contributed by atoms with Crippen LogP contribution in [0.15, 0.2) is 60.7 Å². The summed E-state index contributed by atoms with van der Waals surface area (Å²) in [6, 6.07) is 15.6. The molecule has 10 heteroatoms. The van der Waals surface area contributed by atoms with Gasteiger partial charge in [0.15, 0.2) is 0 Å². The molecule has 0 unspecified atom stereocenters. The van der Waals surface area contributed by atoms with Gasteiger partial charge in [0.2, 0.25) is 11.8 Å². The number of nitrogens with one attached hydrogen (secondary N) is 2. The molecule has 2 amide bonds. The summed E-state index contributed by atoms with van der Waals surface area (Å²) in [6.45, 7) is 0.286. The van der Waals surface area contributed by atoms with Crippen LogP contribution in [0.2, 0.25) is 15.1 Å². The summed E-state index contributed by atoms with van der Waals surface area (Å²) >= 11 is 18.5. The number of nitrogens with zero attached hydrogens (tertiary/aromatic N) is 1. The minimum absolute atomic E-state index is 0.0365. The van der Waals surface area contributed by atoms with Crippen LogP contribution in [0.1, 0.15) is 12.0 Å². The summed E-state index contributed by atoms with van der Waals surface area (Å²) in [6.07, 6.45) is 0.0365. The Morgan fingerprint density at radius 3 is 2.47 bits per heavy atom. The zero-order valence-corrected chi connectivity index (χ0v) is 19.9. The Bertz CT molecular complexity index is 1200. The quantitative estimate of drug-likeness (QED) is 0.381. The molecule has 34 heavy (non-hydrogen) atoms. The largest absolute Gasteiger partial charge is 0.487 e. The lowest BCUT2D eigenvalue weighted by molar-refractivity contribution is -0.125. The lowest BCUT2D eigenvalue weighted by Crippen LogP contribution is -2.36. The first-order chi connectivity index (χ1) is 16.3. The molecule has 1 aliphatic rings. The molecule has 3 aromatic carbocycles. The minimum atomic E-state index is -0.587. The number of hydrazine groups is 1. The van der Waals surface area contributed by atoms with Crippen LogP contribution in [-0.4, -0.2) is 18.4 Å². The summed E-state index contributed by atoms with van der Waals surface area (Å²) in [5.41, 5.74) is 7.02. The molecule has 1 atom stereocenters. The SMILES string of the molecule is O=C(NNc1cc(Cl)ccc1OCc1c(Cl)cccc1Cl)[C@@H]1CC(=O)N(c2ccc(F)cc2)C1. The summed E-state index contributed by atoms with van der Waals surface area (Å²) < 4.78 is 19.0. The van der Waals surface area contributed by atoms with Crippen LogP contribution in [0.25, 0.3) is 0 Å². The highest BCUT2D eigenvalue weighted by molar-refractivity contribution is 6.36. The highest BCUT2D eigenvalue weighted by Gasteiger charge is 2.35. The van der Waals surface area contributed by atoms with E-state index in [1.165, 1.54) is 29.2 Å². The zero-order chi connectivity index (χ0) is 24.2. The van der Waals surface area contributed by atoms with Gasteiger partial charge in [0, 0.05) is 39.3 Å². The molecule has 1 heterocycles. The molecule has 0 spiro atoms. The molecular weight excluding hydrogens is 504 g/mol. The van der Waals surface area contributed by atoms with Gasteiger partial charge in [-0.3, -0.25) is 20.4 Å². The molecule has 1 fully saturated rings. The Kier molecular flexibility index (Phi) is 7.46. The third-order valence-corrected chi connectivity index (χ3v) is 6.27. The van der Waals surface area contributed by atoms with E-state index in [0.29, 0.717) is 37.8 Å². The molecule has 3 aromatic rings. The summed E-state index contributed by atoms with van der Waals surface area (Å²) in [7, 11) is 0. The van der Waals surface area contributed by atoms with Crippen molar-refractivity contribution in [1.82, 2.24) is 5.43 Å². The number of hydrogen-bond donors (Lipinski definition) is 2. The fourth-order valence-electron chi connectivity index (χ4n) is 3.53. The van der Waals surface area contributed by atoms with Gasteiger partial charge in [0.05, 0.1) is 11.6 Å². The fraction of sp³-hybridized carbons (Fsp3) is 0.167. The number of anilines is 2. The fourth-order valence-corrected chi connectivity index (χ4v) is 4.21. The molecule has 0 radical (unpaired) electrons. The topological polar surface area (TPSA) is 70.7 Å². The third kappa shape index (κ3) is 5.55. The number of halogens is 4. The molecule has 0 aromatic heterocycles. The average Bonchev–Trinajstić information content (AvgIpc) is 3.20. The molecule has 0 bridgehead atoms. The van der Waals surface area contributed by atoms with E-state index in [1.54, 1.807) is 36.4 Å². The van der Waals surface area contributed by atoms with Crippen molar-refractivity contribution in [3.63, 3.8) is 0 Å². The van der Waals surface area contributed by atoms with Gasteiger partial charge in [-0.15, -0.1) is 0 Å². The van der Waals surface area contributed by atoms with Crippen molar-refractivity contribution in [3.8, 4) is 5.75 Å². The van der Waals surface area contributed by atoms with Gasteiger partial charge >= 0.3 is 0 Å². The number of rotatable bonds is 7. The van der Waals surface area contributed by atoms with Crippen LogP contribution in [0.5, 0.6) is 5.75 Å². The second kappa shape index (κ2) is 10.5. The second-order valence-electron chi connectivity index (χ2n) is 7.63. The van der Waals surface area contributed by atoms with Crippen LogP contribution in [0.3, 0.4) is 0 Å². The van der Waals surface area contributed by atoms with Crippen molar-refractivity contribution in [2.75, 3.05) is 16.9 Å². The van der Waals surface area contributed by atoms with E-state index in [4.69, 9.17) is 39.5 Å². The lowest BCUT2D eigenvalue weighted by atomic mass is 10.1. The number of carbonyl (C=O) groups excluding carboxylic acids is 2. The monoisotopic (exact) mass is 521 g/mol. The normalized spacial score (nSPS) is 15.4. The Morgan fingerprint density at radius 2 is 1.76 bits per heavy atom. The van der Waals surface area contributed by atoms with Crippen LogP contribution < -0.4 is 20.5 Å². The predicted molar refractivity (Wildman–Crippen MR) is 131 cm³/mol. The summed E-state index contributed by atoms with van der Waals surface area (Å²) in [5, 5.41) is 1.38. The zero-order valence-electron chi connectivity index (χ0n) is 17.7. The van der Waals surface area contributed by atoms with Crippen molar-refractivity contribution < 1.29 is 18.7 Å². The van der Waals surface area contributed by atoms with Gasteiger partial charge in [-0.05, 0) is 54.6 Å².